The van der Waals surface area contributed by atoms with Crippen LogP contribution in [0.4, 0.5) is 0 Å². The number of fused-ring (bicyclic) bond motifs is 1. The van der Waals surface area contributed by atoms with Crippen LogP contribution in [-0.4, -0.2) is 40.3 Å². The lowest BCUT2D eigenvalue weighted by molar-refractivity contribution is 0.0812. The van der Waals surface area contributed by atoms with Crippen LogP contribution in [0.15, 0.2) is 72.8 Å². The lowest BCUT2D eigenvalue weighted by Gasteiger charge is -2.32. The van der Waals surface area contributed by atoms with Crippen molar-refractivity contribution < 1.29 is 5.11 Å². The molecule has 5 rings (SSSR count). The van der Waals surface area contributed by atoms with Gasteiger partial charge in [-0.05, 0) is 68.5 Å². The second kappa shape index (κ2) is 9.77. The van der Waals surface area contributed by atoms with Crippen LogP contribution in [0, 0.1) is 19.8 Å². The molecule has 3 heteroatoms. The van der Waals surface area contributed by atoms with Crippen molar-refractivity contribution in [3.8, 4) is 22.4 Å². The smallest absolute Gasteiger partial charge is 0.0845 e. The van der Waals surface area contributed by atoms with E-state index in [1.807, 2.05) is 0 Å². The van der Waals surface area contributed by atoms with Crippen LogP contribution in [0.25, 0.3) is 33.3 Å². The fraction of sp³-hybridized carbons (Fsp3) is 0.355. The van der Waals surface area contributed by atoms with E-state index in [0.29, 0.717) is 6.54 Å². The number of nitrogens with zero attached hydrogens (tertiary/aromatic N) is 2. The fourth-order valence-corrected chi connectivity index (χ4v) is 5.67. The van der Waals surface area contributed by atoms with Crippen molar-refractivity contribution in [3.05, 3.63) is 83.9 Å². The summed E-state index contributed by atoms with van der Waals surface area (Å²) in [7, 11) is 0. The molecule has 3 nitrogen and oxygen atoms in total. The lowest BCUT2D eigenvalue weighted by Crippen LogP contribution is -2.39. The quantitative estimate of drug-likeness (QED) is 0.353. The van der Waals surface area contributed by atoms with Crippen LogP contribution in [0.3, 0.4) is 0 Å². The van der Waals surface area contributed by atoms with Crippen molar-refractivity contribution >= 4 is 10.9 Å². The van der Waals surface area contributed by atoms with Gasteiger partial charge in [0.1, 0.15) is 0 Å². The van der Waals surface area contributed by atoms with Crippen molar-refractivity contribution in [3.63, 3.8) is 0 Å². The Morgan fingerprint density at radius 3 is 2.12 bits per heavy atom. The highest BCUT2D eigenvalue weighted by Gasteiger charge is 2.24. The zero-order chi connectivity index (χ0) is 23.7. The monoisotopic (exact) mass is 452 g/mol. The average Bonchev–Trinajstić information content (AvgIpc) is 3.15. The Morgan fingerprint density at radius 2 is 1.47 bits per heavy atom. The maximum absolute atomic E-state index is 11.3. The molecule has 1 saturated heterocycles. The minimum absolute atomic E-state index is 0.421. The van der Waals surface area contributed by atoms with Gasteiger partial charge in [-0.25, -0.2) is 0 Å². The first-order valence-corrected chi connectivity index (χ1v) is 12.7. The van der Waals surface area contributed by atoms with Crippen molar-refractivity contribution in [2.45, 2.75) is 46.3 Å². The van der Waals surface area contributed by atoms with Crippen LogP contribution in [0.5, 0.6) is 0 Å². The van der Waals surface area contributed by atoms with Crippen molar-refractivity contribution in [2.24, 2.45) is 5.92 Å². The van der Waals surface area contributed by atoms with Gasteiger partial charge in [0.25, 0.3) is 0 Å². The van der Waals surface area contributed by atoms with Crippen LogP contribution in [0.2, 0.25) is 0 Å². The Labute approximate surface area is 203 Å². The molecule has 0 radical (unpaired) electrons. The normalized spacial score (nSPS) is 16.2. The number of aliphatic hydroxyl groups excluding tert-OH is 1. The third-order valence-electron chi connectivity index (χ3n) is 7.34. The van der Waals surface area contributed by atoms with Crippen LogP contribution in [0.1, 0.15) is 30.9 Å². The molecule has 0 unspecified atom stereocenters. The zero-order valence-corrected chi connectivity index (χ0v) is 20.7. The summed E-state index contributed by atoms with van der Waals surface area (Å²) < 4.78 is 2.39. The van der Waals surface area contributed by atoms with Gasteiger partial charge in [0.05, 0.1) is 23.9 Å². The highest BCUT2D eigenvalue weighted by molar-refractivity contribution is 6.06. The van der Waals surface area contributed by atoms with E-state index in [4.69, 9.17) is 0 Å². The molecule has 4 aromatic rings. The summed E-state index contributed by atoms with van der Waals surface area (Å²) in [6.07, 6.45) is 2.03. The molecule has 34 heavy (non-hydrogen) atoms. The van der Waals surface area contributed by atoms with Gasteiger partial charge in [0.2, 0.25) is 0 Å². The predicted molar refractivity (Wildman–Crippen MR) is 143 cm³/mol. The minimum Gasteiger partial charge on any atom is -0.390 e. The molecule has 1 aliphatic rings. The zero-order valence-electron chi connectivity index (χ0n) is 20.7. The summed E-state index contributed by atoms with van der Waals surface area (Å²) in [5.41, 5.74) is 8.61. The third-order valence-corrected chi connectivity index (χ3v) is 7.34. The number of hydrogen-bond acceptors (Lipinski definition) is 2. The Balaban J connectivity index is 1.66. The lowest BCUT2D eigenvalue weighted by atomic mass is 9.97. The summed E-state index contributed by atoms with van der Waals surface area (Å²) in [4.78, 5) is 2.44. The molecule has 0 aliphatic carbocycles. The number of aliphatic hydroxyl groups is 1. The van der Waals surface area contributed by atoms with Gasteiger partial charge >= 0.3 is 0 Å². The van der Waals surface area contributed by atoms with Gasteiger partial charge < -0.3 is 14.6 Å². The fourth-order valence-electron chi connectivity index (χ4n) is 5.67. The molecule has 0 amide bonds. The molecule has 0 spiro atoms. The van der Waals surface area contributed by atoms with Crippen LogP contribution >= 0.6 is 0 Å². The van der Waals surface area contributed by atoms with E-state index in [1.165, 1.54) is 57.3 Å². The van der Waals surface area contributed by atoms with Crippen molar-refractivity contribution in [2.75, 3.05) is 19.6 Å². The number of aromatic nitrogens is 1. The van der Waals surface area contributed by atoms with Gasteiger partial charge in [0, 0.05) is 17.5 Å². The molecule has 1 atom stereocenters. The highest BCUT2D eigenvalue weighted by Crippen LogP contribution is 2.42. The maximum atomic E-state index is 11.3. The van der Waals surface area contributed by atoms with Crippen molar-refractivity contribution in [1.82, 2.24) is 9.47 Å². The summed E-state index contributed by atoms with van der Waals surface area (Å²) in [6.45, 7) is 10.2. The number of hydrogen-bond donors (Lipinski definition) is 1. The first-order valence-electron chi connectivity index (χ1n) is 12.7. The van der Waals surface area contributed by atoms with Crippen LogP contribution in [-0.2, 0) is 6.54 Å². The Morgan fingerprint density at radius 1 is 0.853 bits per heavy atom. The molecule has 1 fully saturated rings. The first-order chi connectivity index (χ1) is 16.5. The SMILES string of the molecule is Cc1cc(C)c2c(c1)c(-c1ccccc1)c(-c1ccccc1)n2C[C@@H](O)CN1CCC(C)CC1. The number of rotatable bonds is 6. The van der Waals surface area contributed by atoms with E-state index < -0.39 is 6.10 Å². The highest BCUT2D eigenvalue weighted by atomic mass is 16.3. The molecule has 3 aromatic carbocycles. The number of likely N-dealkylation sites (tertiary alicyclic amines) is 1. The number of β-amino-alcohol motifs (C(OH)–C–C–N with tert-alkyl or cyclic N) is 1. The van der Waals surface area contributed by atoms with Gasteiger partial charge in [0.15, 0.2) is 0 Å². The summed E-state index contributed by atoms with van der Waals surface area (Å²) in [5, 5.41) is 12.6. The standard InChI is InChI=1S/C31H36N2O/c1-22-14-16-32(17-15-22)20-27(34)21-33-30-24(3)18-23(2)19-28(30)29(25-10-6-4-7-11-25)31(33)26-12-8-5-9-13-26/h4-13,18-19,22,27,34H,14-17,20-21H2,1-3H3/t27-/m0/s1. The van der Waals surface area contributed by atoms with E-state index in [0.717, 1.165) is 25.6 Å². The van der Waals surface area contributed by atoms with E-state index in [2.05, 4.69) is 103 Å². The van der Waals surface area contributed by atoms with Gasteiger partial charge in [-0.3, -0.25) is 0 Å². The van der Waals surface area contributed by atoms with Gasteiger partial charge in [-0.15, -0.1) is 0 Å². The molecule has 0 saturated carbocycles. The van der Waals surface area contributed by atoms with Gasteiger partial charge in [-0.2, -0.15) is 0 Å². The number of benzene rings is 3. The Bertz CT molecular complexity index is 1250. The Kier molecular flexibility index (Phi) is 6.58. The minimum atomic E-state index is -0.421. The first kappa shape index (κ1) is 22.9. The van der Waals surface area contributed by atoms with E-state index in [9.17, 15) is 5.11 Å². The number of aryl methyl sites for hydroxylation is 2. The molecule has 1 N–H and O–H groups in total. The molecule has 0 bridgehead atoms. The third kappa shape index (κ3) is 4.55. The van der Waals surface area contributed by atoms with Crippen LogP contribution < -0.4 is 0 Å². The van der Waals surface area contributed by atoms with E-state index in [1.54, 1.807) is 0 Å². The van der Waals surface area contributed by atoms with E-state index >= 15 is 0 Å². The predicted octanol–water partition coefficient (Wildman–Crippen LogP) is 6.68. The topological polar surface area (TPSA) is 28.4 Å². The molecule has 1 aromatic heterocycles. The average molecular weight is 453 g/mol. The largest absolute Gasteiger partial charge is 0.390 e. The summed E-state index contributed by atoms with van der Waals surface area (Å²) >= 11 is 0. The van der Waals surface area contributed by atoms with Gasteiger partial charge in [-0.1, -0.05) is 79.2 Å². The van der Waals surface area contributed by atoms with Crippen molar-refractivity contribution in [1.29, 1.82) is 0 Å². The molecular weight excluding hydrogens is 416 g/mol. The summed E-state index contributed by atoms with van der Waals surface area (Å²) in [5.74, 6) is 0.797. The second-order valence-electron chi connectivity index (χ2n) is 10.2. The molecular formula is C31H36N2O. The molecule has 176 valence electrons. The number of piperidine rings is 1. The molecule has 1 aliphatic heterocycles. The van der Waals surface area contributed by atoms with E-state index in [-0.39, 0.29) is 0 Å². The second-order valence-corrected chi connectivity index (χ2v) is 10.2. The Hall–Kier alpha value is -2.88. The molecule has 2 heterocycles. The maximum Gasteiger partial charge on any atom is 0.0845 e. The summed E-state index contributed by atoms with van der Waals surface area (Å²) in [6, 6.07) is 26.0.